The van der Waals surface area contributed by atoms with Crippen molar-refractivity contribution in [3.63, 3.8) is 0 Å². The van der Waals surface area contributed by atoms with E-state index in [9.17, 15) is 4.79 Å². The molecule has 0 N–H and O–H groups in total. The lowest BCUT2D eigenvalue weighted by atomic mass is 9.92. The minimum absolute atomic E-state index is 0.204. The van der Waals surface area contributed by atoms with Crippen molar-refractivity contribution < 1.29 is 9.53 Å². The molecule has 1 aliphatic rings. The summed E-state index contributed by atoms with van der Waals surface area (Å²) in [7, 11) is 0. The van der Waals surface area contributed by atoms with Crippen molar-refractivity contribution in [2.24, 2.45) is 0 Å². The highest BCUT2D eigenvalue weighted by atomic mass is 32.2. The molecule has 19 heavy (non-hydrogen) atoms. The molecule has 2 rings (SSSR count). The maximum atomic E-state index is 11.8. The van der Waals surface area contributed by atoms with Gasteiger partial charge in [-0.1, -0.05) is 12.1 Å². The molecule has 1 aromatic carbocycles. The number of carbonyl (C=O) groups is 1. The van der Waals surface area contributed by atoms with Gasteiger partial charge in [0.25, 0.3) is 0 Å². The Kier molecular flexibility index (Phi) is 4.09. The first kappa shape index (κ1) is 14.3. The van der Waals surface area contributed by atoms with E-state index < -0.39 is 5.60 Å². The number of carbonyl (C=O) groups excluding carboxylic acids is 1. The van der Waals surface area contributed by atoms with Crippen LogP contribution in [0.4, 0.5) is 4.79 Å². The number of amides is 1. The number of benzene rings is 1. The summed E-state index contributed by atoms with van der Waals surface area (Å²) in [5.74, 6) is 0.444. The predicted molar refractivity (Wildman–Crippen MR) is 78.8 cm³/mol. The molecule has 0 unspecified atom stereocenters. The van der Waals surface area contributed by atoms with Crippen molar-refractivity contribution in [3.8, 4) is 0 Å². The third kappa shape index (κ3) is 3.66. The van der Waals surface area contributed by atoms with Crippen molar-refractivity contribution in [1.29, 1.82) is 0 Å². The number of nitrogens with zero attached hydrogens (tertiary/aromatic N) is 1. The van der Waals surface area contributed by atoms with E-state index in [1.165, 1.54) is 10.5 Å². The molecule has 0 spiro atoms. The van der Waals surface area contributed by atoms with Crippen molar-refractivity contribution in [1.82, 2.24) is 4.90 Å². The van der Waals surface area contributed by atoms with Gasteiger partial charge in [-0.25, -0.2) is 4.79 Å². The van der Waals surface area contributed by atoms with Crippen LogP contribution in [-0.2, 0) is 4.74 Å². The molecule has 1 heterocycles. The summed E-state index contributed by atoms with van der Waals surface area (Å²) in [6.07, 6.45) is 1.87. The Balaban J connectivity index is 1.90. The summed E-state index contributed by atoms with van der Waals surface area (Å²) in [5, 5.41) is 0. The lowest BCUT2D eigenvalue weighted by molar-refractivity contribution is 0.00818. The standard InChI is InChI=1S/C15H21NO2S/c1-15(2,3)18-14(17)16-9-12(10-16)11-6-5-7-13(8-11)19-4/h5-8,12H,9-10H2,1-4H3. The molecule has 104 valence electrons. The highest BCUT2D eigenvalue weighted by molar-refractivity contribution is 7.98. The van der Waals surface area contributed by atoms with Crippen molar-refractivity contribution >= 4 is 17.9 Å². The molecule has 1 fully saturated rings. The monoisotopic (exact) mass is 279 g/mol. The van der Waals surface area contributed by atoms with Gasteiger partial charge >= 0.3 is 6.09 Å². The third-order valence-electron chi connectivity index (χ3n) is 3.10. The van der Waals surface area contributed by atoms with Gasteiger partial charge in [0, 0.05) is 23.9 Å². The average Bonchev–Trinajstić information content (AvgIpc) is 2.25. The smallest absolute Gasteiger partial charge is 0.410 e. The largest absolute Gasteiger partial charge is 0.444 e. The van der Waals surface area contributed by atoms with E-state index in [0.29, 0.717) is 5.92 Å². The number of hydrogen-bond acceptors (Lipinski definition) is 3. The summed E-state index contributed by atoms with van der Waals surface area (Å²) >= 11 is 1.74. The van der Waals surface area contributed by atoms with Crippen molar-refractivity contribution in [3.05, 3.63) is 29.8 Å². The van der Waals surface area contributed by atoms with Gasteiger partial charge in [0.2, 0.25) is 0 Å². The SMILES string of the molecule is CSc1cccc(C2CN(C(=O)OC(C)(C)C)C2)c1. The summed E-state index contributed by atoms with van der Waals surface area (Å²) in [6.45, 7) is 7.19. The Bertz CT molecular complexity index is 461. The molecule has 1 amide bonds. The van der Waals surface area contributed by atoms with E-state index in [1.807, 2.05) is 20.8 Å². The summed E-state index contributed by atoms with van der Waals surface area (Å²) in [6, 6.07) is 8.54. The number of ether oxygens (including phenoxy) is 1. The fraction of sp³-hybridized carbons (Fsp3) is 0.533. The molecular weight excluding hydrogens is 258 g/mol. The quantitative estimate of drug-likeness (QED) is 0.772. The van der Waals surface area contributed by atoms with Gasteiger partial charge in [0.1, 0.15) is 5.60 Å². The highest BCUT2D eigenvalue weighted by Crippen LogP contribution is 2.30. The molecule has 1 aromatic rings. The molecular formula is C15H21NO2S. The van der Waals surface area contributed by atoms with E-state index in [0.717, 1.165) is 13.1 Å². The maximum absolute atomic E-state index is 11.8. The summed E-state index contributed by atoms with van der Waals surface area (Å²) in [4.78, 5) is 14.9. The predicted octanol–water partition coefficient (Wildman–Crippen LogP) is 3.74. The van der Waals surface area contributed by atoms with Crippen LogP contribution in [-0.4, -0.2) is 35.9 Å². The third-order valence-corrected chi connectivity index (χ3v) is 3.82. The van der Waals surface area contributed by atoms with Gasteiger partial charge in [-0.3, -0.25) is 0 Å². The number of hydrogen-bond donors (Lipinski definition) is 0. The van der Waals surface area contributed by atoms with Crippen LogP contribution in [0.5, 0.6) is 0 Å². The molecule has 0 atom stereocenters. The van der Waals surface area contributed by atoms with Gasteiger partial charge in [-0.05, 0) is 44.7 Å². The van der Waals surface area contributed by atoms with Crippen LogP contribution in [0.25, 0.3) is 0 Å². The fourth-order valence-electron chi connectivity index (χ4n) is 2.06. The second-order valence-electron chi connectivity index (χ2n) is 5.86. The van der Waals surface area contributed by atoms with Crippen LogP contribution >= 0.6 is 11.8 Å². The summed E-state index contributed by atoms with van der Waals surface area (Å²) < 4.78 is 5.35. The molecule has 0 saturated carbocycles. The molecule has 0 aromatic heterocycles. The van der Waals surface area contributed by atoms with Crippen LogP contribution < -0.4 is 0 Å². The molecule has 0 radical (unpaired) electrons. The lowest BCUT2D eigenvalue weighted by Crippen LogP contribution is -2.50. The van der Waals surface area contributed by atoms with Crippen LogP contribution in [0.2, 0.25) is 0 Å². The van der Waals surface area contributed by atoms with Crippen LogP contribution in [0, 0.1) is 0 Å². The topological polar surface area (TPSA) is 29.5 Å². The molecule has 1 saturated heterocycles. The molecule has 4 heteroatoms. The first-order valence-corrected chi connectivity index (χ1v) is 7.73. The van der Waals surface area contributed by atoms with Crippen molar-refractivity contribution in [2.75, 3.05) is 19.3 Å². The highest BCUT2D eigenvalue weighted by Gasteiger charge is 2.34. The molecule has 3 nitrogen and oxygen atoms in total. The lowest BCUT2D eigenvalue weighted by Gasteiger charge is -2.40. The number of rotatable bonds is 2. The fourth-order valence-corrected chi connectivity index (χ4v) is 2.53. The van der Waals surface area contributed by atoms with E-state index >= 15 is 0 Å². The average molecular weight is 279 g/mol. The minimum Gasteiger partial charge on any atom is -0.444 e. The van der Waals surface area contributed by atoms with Crippen LogP contribution in [0.1, 0.15) is 32.3 Å². The molecule has 0 bridgehead atoms. The number of thioether (sulfide) groups is 1. The minimum atomic E-state index is -0.416. The maximum Gasteiger partial charge on any atom is 0.410 e. The van der Waals surface area contributed by atoms with Crippen molar-refractivity contribution in [2.45, 2.75) is 37.2 Å². The van der Waals surface area contributed by atoms with E-state index in [-0.39, 0.29) is 6.09 Å². The van der Waals surface area contributed by atoms with E-state index in [2.05, 4.69) is 30.5 Å². The summed E-state index contributed by atoms with van der Waals surface area (Å²) in [5.41, 5.74) is 0.896. The van der Waals surface area contributed by atoms with E-state index in [1.54, 1.807) is 16.7 Å². The Labute approximate surface area is 119 Å². The zero-order valence-electron chi connectivity index (χ0n) is 12.0. The van der Waals surface area contributed by atoms with Gasteiger partial charge in [0.05, 0.1) is 0 Å². The second-order valence-corrected chi connectivity index (χ2v) is 6.74. The zero-order valence-corrected chi connectivity index (χ0v) is 12.8. The molecule has 0 aliphatic carbocycles. The Hall–Kier alpha value is -1.16. The first-order chi connectivity index (χ1) is 8.89. The van der Waals surface area contributed by atoms with Crippen LogP contribution in [0.3, 0.4) is 0 Å². The molecule has 1 aliphatic heterocycles. The van der Waals surface area contributed by atoms with Crippen LogP contribution in [0.15, 0.2) is 29.2 Å². The normalized spacial score (nSPS) is 16.1. The Morgan fingerprint density at radius 2 is 2.05 bits per heavy atom. The Morgan fingerprint density at radius 1 is 1.37 bits per heavy atom. The van der Waals surface area contributed by atoms with Gasteiger partial charge < -0.3 is 9.64 Å². The number of likely N-dealkylation sites (tertiary alicyclic amines) is 1. The second kappa shape index (κ2) is 5.45. The Morgan fingerprint density at radius 3 is 2.63 bits per heavy atom. The first-order valence-electron chi connectivity index (χ1n) is 6.51. The van der Waals surface area contributed by atoms with Gasteiger partial charge in [-0.2, -0.15) is 0 Å². The van der Waals surface area contributed by atoms with Gasteiger partial charge in [0.15, 0.2) is 0 Å². The zero-order chi connectivity index (χ0) is 14.0. The van der Waals surface area contributed by atoms with E-state index in [4.69, 9.17) is 4.74 Å². The van der Waals surface area contributed by atoms with Gasteiger partial charge in [-0.15, -0.1) is 11.8 Å².